The van der Waals surface area contributed by atoms with Gasteiger partial charge in [-0.25, -0.2) is 0 Å². The molecule has 1 aromatic heterocycles. The third kappa shape index (κ3) is 3.23. The standard InChI is InChI=1S/C15H18N2O/c1-3-12-7-5-8-13(11-12)18-15-10-6-9-14(17-15)16-4-2/h5-11H,3-4H2,1-2H3,(H,16,17). The SMILES string of the molecule is CCNc1cccc(Oc2cccc(CC)c2)n1. The van der Waals surface area contributed by atoms with Gasteiger partial charge in [0.05, 0.1) is 0 Å². The Morgan fingerprint density at radius 3 is 2.72 bits per heavy atom. The van der Waals surface area contributed by atoms with Crippen LogP contribution >= 0.6 is 0 Å². The van der Waals surface area contributed by atoms with Crippen molar-refractivity contribution in [3.8, 4) is 11.6 Å². The summed E-state index contributed by atoms with van der Waals surface area (Å²) >= 11 is 0. The van der Waals surface area contributed by atoms with Crippen molar-refractivity contribution in [1.82, 2.24) is 4.98 Å². The van der Waals surface area contributed by atoms with Gasteiger partial charge >= 0.3 is 0 Å². The zero-order valence-corrected chi connectivity index (χ0v) is 10.8. The predicted octanol–water partition coefficient (Wildman–Crippen LogP) is 3.87. The van der Waals surface area contributed by atoms with Gasteiger partial charge in [-0.15, -0.1) is 0 Å². The number of nitrogens with one attached hydrogen (secondary N) is 1. The van der Waals surface area contributed by atoms with Crippen molar-refractivity contribution in [3.63, 3.8) is 0 Å². The number of aryl methyl sites for hydroxylation is 1. The summed E-state index contributed by atoms with van der Waals surface area (Å²) in [6.07, 6.45) is 1.00. The molecule has 0 spiro atoms. The minimum atomic E-state index is 0.613. The van der Waals surface area contributed by atoms with Gasteiger partial charge < -0.3 is 10.1 Å². The Hall–Kier alpha value is -2.03. The van der Waals surface area contributed by atoms with Crippen LogP contribution in [0.15, 0.2) is 42.5 Å². The molecule has 0 atom stereocenters. The molecule has 0 amide bonds. The second-order valence-corrected chi connectivity index (χ2v) is 3.99. The molecule has 0 aliphatic rings. The van der Waals surface area contributed by atoms with E-state index in [9.17, 15) is 0 Å². The second-order valence-electron chi connectivity index (χ2n) is 3.99. The van der Waals surface area contributed by atoms with Gasteiger partial charge in [0.2, 0.25) is 5.88 Å². The van der Waals surface area contributed by atoms with Gasteiger partial charge in [-0.3, -0.25) is 0 Å². The average molecular weight is 242 g/mol. The van der Waals surface area contributed by atoms with Gasteiger partial charge in [-0.2, -0.15) is 4.98 Å². The van der Waals surface area contributed by atoms with E-state index in [-0.39, 0.29) is 0 Å². The number of pyridine rings is 1. The van der Waals surface area contributed by atoms with Crippen molar-refractivity contribution in [1.29, 1.82) is 0 Å². The molecular formula is C15H18N2O. The van der Waals surface area contributed by atoms with E-state index >= 15 is 0 Å². The molecule has 0 aliphatic heterocycles. The fraction of sp³-hybridized carbons (Fsp3) is 0.267. The van der Waals surface area contributed by atoms with Crippen LogP contribution in [0.2, 0.25) is 0 Å². The minimum Gasteiger partial charge on any atom is -0.439 e. The molecule has 2 aromatic rings. The van der Waals surface area contributed by atoms with E-state index in [1.165, 1.54) is 5.56 Å². The minimum absolute atomic E-state index is 0.613. The Morgan fingerprint density at radius 2 is 1.94 bits per heavy atom. The van der Waals surface area contributed by atoms with Crippen molar-refractivity contribution >= 4 is 5.82 Å². The number of rotatable bonds is 5. The van der Waals surface area contributed by atoms with Crippen LogP contribution in [-0.2, 0) is 6.42 Å². The molecule has 1 aromatic carbocycles. The Bertz CT molecular complexity index is 511. The van der Waals surface area contributed by atoms with Gasteiger partial charge in [-0.05, 0) is 37.1 Å². The topological polar surface area (TPSA) is 34.1 Å². The van der Waals surface area contributed by atoms with Crippen LogP contribution in [0, 0.1) is 0 Å². The fourth-order valence-corrected chi connectivity index (χ4v) is 1.70. The molecule has 94 valence electrons. The summed E-state index contributed by atoms with van der Waals surface area (Å²) < 4.78 is 5.76. The molecule has 0 fully saturated rings. The summed E-state index contributed by atoms with van der Waals surface area (Å²) in [6, 6.07) is 13.8. The van der Waals surface area contributed by atoms with Crippen LogP contribution in [0.4, 0.5) is 5.82 Å². The van der Waals surface area contributed by atoms with E-state index in [4.69, 9.17) is 4.74 Å². The maximum Gasteiger partial charge on any atom is 0.221 e. The molecule has 0 aliphatic carbocycles. The lowest BCUT2D eigenvalue weighted by Crippen LogP contribution is -1.99. The lowest BCUT2D eigenvalue weighted by Gasteiger charge is -2.08. The van der Waals surface area contributed by atoms with E-state index in [2.05, 4.69) is 23.3 Å². The fourth-order valence-electron chi connectivity index (χ4n) is 1.70. The molecule has 1 N–H and O–H groups in total. The molecule has 0 radical (unpaired) electrons. The normalized spacial score (nSPS) is 10.1. The highest BCUT2D eigenvalue weighted by Crippen LogP contribution is 2.21. The van der Waals surface area contributed by atoms with Crippen LogP contribution in [0.3, 0.4) is 0 Å². The van der Waals surface area contributed by atoms with Gasteiger partial charge in [0, 0.05) is 12.6 Å². The zero-order valence-electron chi connectivity index (χ0n) is 10.8. The van der Waals surface area contributed by atoms with E-state index < -0.39 is 0 Å². The number of anilines is 1. The third-order valence-corrected chi connectivity index (χ3v) is 2.61. The Labute approximate surface area is 108 Å². The molecule has 3 heteroatoms. The maximum atomic E-state index is 5.76. The van der Waals surface area contributed by atoms with Gasteiger partial charge in [-0.1, -0.05) is 25.1 Å². The molecule has 3 nitrogen and oxygen atoms in total. The van der Waals surface area contributed by atoms with Crippen molar-refractivity contribution in [2.75, 3.05) is 11.9 Å². The summed E-state index contributed by atoms with van der Waals surface area (Å²) in [6.45, 7) is 5.02. The zero-order chi connectivity index (χ0) is 12.8. The Balaban J connectivity index is 2.14. The van der Waals surface area contributed by atoms with Crippen LogP contribution in [0.5, 0.6) is 11.6 Å². The monoisotopic (exact) mass is 242 g/mol. The molecule has 0 saturated heterocycles. The van der Waals surface area contributed by atoms with Crippen LogP contribution in [0.25, 0.3) is 0 Å². The van der Waals surface area contributed by atoms with Crippen LogP contribution < -0.4 is 10.1 Å². The third-order valence-electron chi connectivity index (χ3n) is 2.61. The summed E-state index contributed by atoms with van der Waals surface area (Å²) in [5.41, 5.74) is 1.26. The highest BCUT2D eigenvalue weighted by Gasteiger charge is 2.00. The Kier molecular flexibility index (Phi) is 4.18. The largest absolute Gasteiger partial charge is 0.439 e. The van der Waals surface area contributed by atoms with Gasteiger partial charge in [0.25, 0.3) is 0 Å². The molecule has 1 heterocycles. The average Bonchev–Trinajstić information content (AvgIpc) is 2.40. The van der Waals surface area contributed by atoms with Crippen molar-refractivity contribution in [3.05, 3.63) is 48.0 Å². The smallest absolute Gasteiger partial charge is 0.221 e. The predicted molar refractivity (Wildman–Crippen MR) is 74.3 cm³/mol. The summed E-state index contributed by atoms with van der Waals surface area (Å²) in [4.78, 5) is 4.38. The number of hydrogen-bond acceptors (Lipinski definition) is 3. The maximum absolute atomic E-state index is 5.76. The number of aromatic nitrogens is 1. The lowest BCUT2D eigenvalue weighted by molar-refractivity contribution is 0.463. The highest BCUT2D eigenvalue weighted by molar-refractivity contribution is 5.38. The molecule has 0 saturated carbocycles. The highest BCUT2D eigenvalue weighted by atomic mass is 16.5. The van der Waals surface area contributed by atoms with E-state index in [0.29, 0.717) is 5.88 Å². The molecule has 18 heavy (non-hydrogen) atoms. The quantitative estimate of drug-likeness (QED) is 0.864. The summed E-state index contributed by atoms with van der Waals surface area (Å²) in [5.74, 6) is 2.28. The van der Waals surface area contributed by atoms with Gasteiger partial charge in [0.1, 0.15) is 11.6 Å². The number of ether oxygens (including phenoxy) is 1. The first-order valence-corrected chi connectivity index (χ1v) is 6.29. The second kappa shape index (κ2) is 6.05. The summed E-state index contributed by atoms with van der Waals surface area (Å²) in [7, 11) is 0. The first kappa shape index (κ1) is 12.4. The molecular weight excluding hydrogens is 224 g/mol. The van der Waals surface area contributed by atoms with Crippen molar-refractivity contribution in [2.45, 2.75) is 20.3 Å². The number of hydrogen-bond donors (Lipinski definition) is 1. The van der Waals surface area contributed by atoms with Gasteiger partial charge in [0.15, 0.2) is 0 Å². The number of benzene rings is 1. The Morgan fingerprint density at radius 1 is 1.11 bits per heavy atom. The molecule has 0 bridgehead atoms. The van der Waals surface area contributed by atoms with Crippen LogP contribution in [0.1, 0.15) is 19.4 Å². The van der Waals surface area contributed by atoms with E-state index in [0.717, 1.165) is 24.5 Å². The van der Waals surface area contributed by atoms with Crippen molar-refractivity contribution in [2.24, 2.45) is 0 Å². The summed E-state index contributed by atoms with van der Waals surface area (Å²) in [5, 5.41) is 3.17. The molecule has 0 unspecified atom stereocenters. The first-order chi connectivity index (χ1) is 8.81. The van der Waals surface area contributed by atoms with Crippen LogP contribution in [-0.4, -0.2) is 11.5 Å². The first-order valence-electron chi connectivity index (χ1n) is 6.29. The van der Waals surface area contributed by atoms with E-state index in [1.807, 2.05) is 43.3 Å². The number of nitrogens with zero attached hydrogens (tertiary/aromatic N) is 1. The molecule has 2 rings (SSSR count). The van der Waals surface area contributed by atoms with E-state index in [1.54, 1.807) is 0 Å². The lowest BCUT2D eigenvalue weighted by atomic mass is 10.2. The van der Waals surface area contributed by atoms with Crippen molar-refractivity contribution < 1.29 is 4.74 Å².